The molecule has 3 aromatic heterocycles. The number of aryl methyl sites for hydroxylation is 1. The van der Waals surface area contributed by atoms with E-state index in [-0.39, 0.29) is 11.1 Å². The molecule has 0 aliphatic heterocycles. The number of carbonyl (C=O) groups excluding carboxylic acids is 1. The van der Waals surface area contributed by atoms with Crippen molar-refractivity contribution in [3.8, 4) is 22.0 Å². The van der Waals surface area contributed by atoms with E-state index in [1.54, 1.807) is 38.4 Å². The van der Waals surface area contributed by atoms with Crippen molar-refractivity contribution in [2.75, 3.05) is 14.2 Å². The Balaban J connectivity index is 1.86. The lowest BCUT2D eigenvalue weighted by atomic mass is 9.95. The van der Waals surface area contributed by atoms with Gasteiger partial charge in [0.05, 0.1) is 46.6 Å². The number of pyridine rings is 2. The average Bonchev–Trinajstić information content (AvgIpc) is 3.27. The molecule has 0 saturated heterocycles. The summed E-state index contributed by atoms with van der Waals surface area (Å²) in [6, 6.07) is 16.7. The third kappa shape index (κ3) is 3.44. The molecule has 0 spiro atoms. The van der Waals surface area contributed by atoms with Gasteiger partial charge in [-0.15, -0.1) is 0 Å². The van der Waals surface area contributed by atoms with Gasteiger partial charge in [-0.25, -0.2) is 9.78 Å². The molecule has 0 amide bonds. The lowest BCUT2D eigenvalue weighted by Gasteiger charge is -2.15. The van der Waals surface area contributed by atoms with Crippen LogP contribution in [0, 0.1) is 6.92 Å². The monoisotopic (exact) mass is 457 g/mol. The van der Waals surface area contributed by atoms with Crippen molar-refractivity contribution < 1.29 is 14.3 Å². The normalized spacial score (nSPS) is 11.1. The van der Waals surface area contributed by atoms with E-state index in [0.29, 0.717) is 38.6 Å². The van der Waals surface area contributed by atoms with Crippen LogP contribution in [0.3, 0.4) is 0 Å². The largest absolute Gasteiger partial charge is 0.497 e. The Labute approximate surface area is 192 Å². The Morgan fingerprint density at radius 2 is 1.73 bits per heavy atom. The van der Waals surface area contributed by atoms with Crippen LogP contribution in [0.4, 0.5) is 0 Å². The van der Waals surface area contributed by atoms with Crippen LogP contribution < -0.4 is 10.3 Å². The lowest BCUT2D eigenvalue weighted by Crippen LogP contribution is -2.20. The summed E-state index contributed by atoms with van der Waals surface area (Å²) in [5.41, 5.74) is 2.91. The predicted molar refractivity (Wildman–Crippen MR) is 129 cm³/mol. The maximum Gasteiger partial charge on any atom is 0.340 e. The first-order valence-corrected chi connectivity index (χ1v) is 11.0. The Morgan fingerprint density at radius 1 is 0.970 bits per heavy atom. The molecule has 0 aliphatic rings. The molecule has 164 valence electrons. The van der Waals surface area contributed by atoms with E-state index in [4.69, 9.17) is 9.47 Å². The van der Waals surface area contributed by atoms with Crippen LogP contribution in [0.5, 0.6) is 5.75 Å². The summed E-state index contributed by atoms with van der Waals surface area (Å²) < 4.78 is 12.8. The SMILES string of the molecule is COC(=O)c1c(C)nc2ccn(-c3nc4ccccc4s3)c(=O)c2c1-c1ccc(OC)cc1. The summed E-state index contributed by atoms with van der Waals surface area (Å²) in [7, 11) is 2.89. The van der Waals surface area contributed by atoms with E-state index in [9.17, 15) is 9.59 Å². The number of carbonyl (C=O) groups is 1. The van der Waals surface area contributed by atoms with Gasteiger partial charge in [-0.1, -0.05) is 35.6 Å². The number of benzene rings is 2. The first-order chi connectivity index (χ1) is 16.0. The van der Waals surface area contributed by atoms with E-state index >= 15 is 0 Å². The minimum absolute atomic E-state index is 0.259. The molecule has 0 bridgehead atoms. The molecular weight excluding hydrogens is 438 g/mol. The second kappa shape index (κ2) is 8.14. The molecule has 0 radical (unpaired) electrons. The maximum absolute atomic E-state index is 13.8. The number of thiazole rings is 1. The highest BCUT2D eigenvalue weighted by Gasteiger charge is 2.24. The van der Waals surface area contributed by atoms with Crippen LogP contribution in [0.25, 0.3) is 37.4 Å². The van der Waals surface area contributed by atoms with Crippen molar-refractivity contribution in [2.24, 2.45) is 0 Å². The van der Waals surface area contributed by atoms with Gasteiger partial charge in [0, 0.05) is 11.8 Å². The van der Waals surface area contributed by atoms with Crippen molar-refractivity contribution in [1.29, 1.82) is 0 Å². The zero-order valence-electron chi connectivity index (χ0n) is 18.2. The Bertz CT molecular complexity index is 1550. The van der Waals surface area contributed by atoms with Crippen molar-refractivity contribution in [3.05, 3.63) is 82.4 Å². The van der Waals surface area contributed by atoms with Crippen molar-refractivity contribution in [2.45, 2.75) is 6.92 Å². The molecule has 2 aromatic carbocycles. The highest BCUT2D eigenvalue weighted by atomic mass is 32.1. The van der Waals surface area contributed by atoms with Gasteiger partial charge in [-0.05, 0) is 42.8 Å². The number of ether oxygens (including phenoxy) is 2. The van der Waals surface area contributed by atoms with Crippen LogP contribution in [-0.2, 0) is 4.74 Å². The van der Waals surface area contributed by atoms with E-state index < -0.39 is 5.97 Å². The van der Waals surface area contributed by atoms with E-state index in [0.717, 1.165) is 10.2 Å². The first-order valence-electron chi connectivity index (χ1n) is 10.2. The Morgan fingerprint density at radius 3 is 2.42 bits per heavy atom. The van der Waals surface area contributed by atoms with Gasteiger partial charge in [0.25, 0.3) is 5.56 Å². The van der Waals surface area contributed by atoms with Crippen LogP contribution in [0.15, 0.2) is 65.6 Å². The summed E-state index contributed by atoms with van der Waals surface area (Å²) in [5, 5.41) is 0.872. The minimum Gasteiger partial charge on any atom is -0.497 e. The average molecular weight is 458 g/mol. The number of methoxy groups -OCH3 is 2. The number of para-hydroxylation sites is 1. The number of fused-ring (bicyclic) bond motifs is 2. The second-order valence-corrected chi connectivity index (χ2v) is 8.39. The zero-order chi connectivity index (χ0) is 23.1. The fourth-order valence-corrected chi connectivity index (χ4v) is 4.86. The fourth-order valence-electron chi connectivity index (χ4n) is 3.91. The molecule has 0 aliphatic carbocycles. The molecule has 5 aromatic rings. The van der Waals surface area contributed by atoms with Crippen LogP contribution in [0.1, 0.15) is 16.1 Å². The molecule has 7 nitrogen and oxygen atoms in total. The number of rotatable bonds is 4. The van der Waals surface area contributed by atoms with Gasteiger partial charge in [-0.3, -0.25) is 14.3 Å². The Hall–Kier alpha value is -4.04. The molecule has 3 heterocycles. The molecule has 0 N–H and O–H groups in total. The van der Waals surface area contributed by atoms with Crippen molar-refractivity contribution >= 4 is 38.4 Å². The highest BCUT2D eigenvalue weighted by molar-refractivity contribution is 7.20. The molecular formula is C25H19N3O4S. The summed E-state index contributed by atoms with van der Waals surface area (Å²) in [4.78, 5) is 35.7. The lowest BCUT2D eigenvalue weighted by molar-refractivity contribution is 0.0600. The van der Waals surface area contributed by atoms with Gasteiger partial charge in [0.1, 0.15) is 5.75 Å². The second-order valence-electron chi connectivity index (χ2n) is 7.38. The van der Waals surface area contributed by atoms with Crippen molar-refractivity contribution in [3.63, 3.8) is 0 Å². The summed E-state index contributed by atoms with van der Waals surface area (Å²) in [6.07, 6.45) is 1.67. The first kappa shape index (κ1) is 20.8. The fraction of sp³-hybridized carbons (Fsp3) is 0.120. The molecule has 0 unspecified atom stereocenters. The third-order valence-electron chi connectivity index (χ3n) is 5.48. The molecule has 5 rings (SSSR count). The van der Waals surface area contributed by atoms with E-state index in [1.807, 2.05) is 36.4 Å². The number of aromatic nitrogens is 3. The molecule has 8 heteroatoms. The summed E-state index contributed by atoms with van der Waals surface area (Å²) in [6.45, 7) is 1.73. The number of hydrogen-bond acceptors (Lipinski definition) is 7. The smallest absolute Gasteiger partial charge is 0.340 e. The summed E-state index contributed by atoms with van der Waals surface area (Å²) in [5.74, 6) is 0.114. The topological polar surface area (TPSA) is 83.3 Å². The van der Waals surface area contributed by atoms with Crippen LogP contribution >= 0.6 is 11.3 Å². The summed E-state index contributed by atoms with van der Waals surface area (Å²) >= 11 is 1.42. The van der Waals surface area contributed by atoms with Gasteiger partial charge >= 0.3 is 5.97 Å². The molecule has 0 saturated carbocycles. The minimum atomic E-state index is -0.553. The number of hydrogen-bond donors (Lipinski definition) is 0. The van der Waals surface area contributed by atoms with Gasteiger partial charge in [-0.2, -0.15) is 0 Å². The van der Waals surface area contributed by atoms with Crippen LogP contribution in [-0.4, -0.2) is 34.7 Å². The standard InChI is InChI=1S/C25H19N3O4S/c1-14-20(24(30)32-3)21(15-8-10-16(31-2)11-9-15)22-18(26-14)12-13-28(23(22)29)25-27-17-6-4-5-7-19(17)33-25/h4-13H,1-3H3. The van der Waals surface area contributed by atoms with E-state index in [2.05, 4.69) is 9.97 Å². The van der Waals surface area contributed by atoms with E-state index in [1.165, 1.54) is 23.0 Å². The predicted octanol–water partition coefficient (Wildman–Crippen LogP) is 4.77. The molecule has 0 atom stereocenters. The van der Waals surface area contributed by atoms with Gasteiger partial charge in [0.15, 0.2) is 5.13 Å². The number of nitrogens with zero attached hydrogens (tertiary/aromatic N) is 3. The molecule has 33 heavy (non-hydrogen) atoms. The van der Waals surface area contributed by atoms with Gasteiger partial charge in [0.2, 0.25) is 0 Å². The van der Waals surface area contributed by atoms with Gasteiger partial charge < -0.3 is 9.47 Å². The highest BCUT2D eigenvalue weighted by Crippen LogP contribution is 2.33. The quantitative estimate of drug-likeness (QED) is 0.362. The third-order valence-corrected chi connectivity index (χ3v) is 6.51. The zero-order valence-corrected chi connectivity index (χ0v) is 19.0. The van der Waals surface area contributed by atoms with Crippen molar-refractivity contribution in [1.82, 2.24) is 14.5 Å². The maximum atomic E-state index is 13.8. The van der Waals surface area contributed by atoms with Crippen LogP contribution in [0.2, 0.25) is 0 Å². The number of esters is 1. The molecule has 0 fully saturated rings. The Kier molecular flexibility index (Phi) is 5.14.